The van der Waals surface area contributed by atoms with E-state index in [2.05, 4.69) is 58.6 Å². The third-order valence-corrected chi connectivity index (χ3v) is 6.24. The average molecular weight is 514 g/mol. The summed E-state index contributed by atoms with van der Waals surface area (Å²) >= 11 is 0. The maximum atomic E-state index is 6.15. The molecule has 2 aliphatic heterocycles. The van der Waals surface area contributed by atoms with E-state index < -0.39 is 0 Å². The zero-order valence-electron chi connectivity index (χ0n) is 18.3. The van der Waals surface area contributed by atoms with Gasteiger partial charge in [0.2, 0.25) is 0 Å². The van der Waals surface area contributed by atoms with E-state index in [-0.39, 0.29) is 30.1 Å². The number of ether oxygens (including phenoxy) is 1. The van der Waals surface area contributed by atoms with Crippen LogP contribution in [0.5, 0.6) is 0 Å². The van der Waals surface area contributed by atoms with Crippen LogP contribution in [0.3, 0.4) is 0 Å². The summed E-state index contributed by atoms with van der Waals surface area (Å²) in [4.78, 5) is 7.01. The predicted molar refractivity (Wildman–Crippen MR) is 132 cm³/mol. The van der Waals surface area contributed by atoms with E-state index in [1.54, 1.807) is 0 Å². The molecule has 164 valence electrons. The van der Waals surface area contributed by atoms with Crippen molar-refractivity contribution in [3.05, 3.63) is 35.4 Å². The number of aryl methyl sites for hydroxylation is 1. The molecule has 3 rings (SSSR count). The Bertz CT molecular complexity index is 622. The fourth-order valence-corrected chi connectivity index (χ4v) is 4.43. The van der Waals surface area contributed by atoms with Crippen LogP contribution < -0.4 is 10.6 Å². The molecule has 2 saturated heterocycles. The van der Waals surface area contributed by atoms with Crippen molar-refractivity contribution < 1.29 is 4.74 Å². The Hall–Kier alpha value is -0.860. The Labute approximate surface area is 194 Å². The highest BCUT2D eigenvalue weighted by Gasteiger charge is 2.27. The van der Waals surface area contributed by atoms with Gasteiger partial charge in [-0.05, 0) is 51.6 Å². The molecule has 3 atom stereocenters. The van der Waals surface area contributed by atoms with Crippen LogP contribution in [-0.4, -0.2) is 56.7 Å². The van der Waals surface area contributed by atoms with Crippen LogP contribution in [-0.2, 0) is 4.74 Å². The summed E-state index contributed by atoms with van der Waals surface area (Å²) in [5.74, 6) is 1.37. The zero-order chi connectivity index (χ0) is 19.8. The SMILES string of the molecule is CN=C(NCCN1CCCCC1C)NCC1CCCOC1c1ccc(C)cc1.I. The van der Waals surface area contributed by atoms with Gasteiger partial charge in [-0.3, -0.25) is 9.89 Å². The number of guanidine groups is 1. The van der Waals surface area contributed by atoms with Gasteiger partial charge in [0.25, 0.3) is 0 Å². The molecule has 1 aromatic rings. The largest absolute Gasteiger partial charge is 0.373 e. The van der Waals surface area contributed by atoms with E-state index in [1.165, 1.54) is 43.4 Å². The number of aliphatic imine (C=N–C) groups is 1. The summed E-state index contributed by atoms with van der Waals surface area (Å²) in [6.07, 6.45) is 6.53. The van der Waals surface area contributed by atoms with Gasteiger partial charge in [-0.25, -0.2) is 0 Å². The number of rotatable bonds is 6. The zero-order valence-corrected chi connectivity index (χ0v) is 20.7. The standard InChI is InChI=1S/C23H38N4O.HI/c1-18-9-11-20(12-10-18)22-21(8-6-16-28-22)17-26-23(24-3)25-13-15-27-14-5-4-7-19(27)2;/h9-12,19,21-22H,4-8,13-17H2,1-3H3,(H2,24,25,26);1H. The van der Waals surface area contributed by atoms with Crippen LogP contribution in [0.25, 0.3) is 0 Å². The number of nitrogens with one attached hydrogen (secondary N) is 2. The third-order valence-electron chi connectivity index (χ3n) is 6.24. The topological polar surface area (TPSA) is 48.9 Å². The summed E-state index contributed by atoms with van der Waals surface area (Å²) in [5.41, 5.74) is 2.58. The molecule has 1 aromatic carbocycles. The lowest BCUT2D eigenvalue weighted by Crippen LogP contribution is -2.46. The Morgan fingerprint density at radius 3 is 2.66 bits per heavy atom. The maximum Gasteiger partial charge on any atom is 0.191 e. The Balaban J connectivity index is 0.00000300. The number of halogens is 1. The summed E-state index contributed by atoms with van der Waals surface area (Å²) in [6, 6.07) is 9.50. The van der Waals surface area contributed by atoms with Gasteiger partial charge < -0.3 is 15.4 Å². The van der Waals surface area contributed by atoms with Gasteiger partial charge in [0.15, 0.2) is 5.96 Å². The molecule has 6 heteroatoms. The molecule has 0 amide bonds. The molecular weight excluding hydrogens is 475 g/mol. The highest BCUT2D eigenvalue weighted by molar-refractivity contribution is 14.0. The van der Waals surface area contributed by atoms with Crippen molar-refractivity contribution in [2.75, 3.05) is 39.8 Å². The average Bonchev–Trinajstić information content (AvgIpc) is 2.73. The van der Waals surface area contributed by atoms with Crippen LogP contribution in [0.1, 0.15) is 56.3 Å². The molecule has 0 radical (unpaired) electrons. The fourth-order valence-electron chi connectivity index (χ4n) is 4.43. The second kappa shape index (κ2) is 12.7. The maximum absolute atomic E-state index is 6.15. The summed E-state index contributed by atoms with van der Waals surface area (Å²) in [7, 11) is 1.85. The minimum Gasteiger partial charge on any atom is -0.373 e. The van der Waals surface area contributed by atoms with E-state index in [0.717, 1.165) is 38.6 Å². The molecule has 2 fully saturated rings. The molecule has 3 unspecified atom stereocenters. The lowest BCUT2D eigenvalue weighted by atomic mass is 9.89. The first-order valence-electron chi connectivity index (χ1n) is 11.0. The van der Waals surface area contributed by atoms with Crippen molar-refractivity contribution >= 4 is 29.9 Å². The molecular formula is C23H39IN4O. The Morgan fingerprint density at radius 2 is 1.93 bits per heavy atom. The first-order valence-corrected chi connectivity index (χ1v) is 11.0. The van der Waals surface area contributed by atoms with Crippen LogP contribution in [0.15, 0.2) is 29.3 Å². The molecule has 2 aliphatic rings. The Morgan fingerprint density at radius 1 is 1.14 bits per heavy atom. The van der Waals surface area contributed by atoms with Crippen molar-refractivity contribution in [3.63, 3.8) is 0 Å². The number of benzene rings is 1. The summed E-state index contributed by atoms with van der Waals surface area (Å²) in [6.45, 7) is 9.47. The molecule has 0 spiro atoms. The van der Waals surface area contributed by atoms with Gasteiger partial charge in [-0.2, -0.15) is 0 Å². The molecule has 2 N–H and O–H groups in total. The number of likely N-dealkylation sites (tertiary alicyclic amines) is 1. The molecule has 29 heavy (non-hydrogen) atoms. The molecule has 0 saturated carbocycles. The minimum absolute atomic E-state index is 0. The van der Waals surface area contributed by atoms with E-state index in [9.17, 15) is 0 Å². The number of nitrogens with zero attached hydrogens (tertiary/aromatic N) is 2. The second-order valence-electron chi connectivity index (χ2n) is 8.37. The summed E-state index contributed by atoms with van der Waals surface area (Å²) in [5, 5.41) is 7.03. The minimum atomic E-state index is 0. The van der Waals surface area contributed by atoms with Crippen molar-refractivity contribution in [1.29, 1.82) is 0 Å². The molecule has 5 nitrogen and oxygen atoms in total. The van der Waals surface area contributed by atoms with Crippen LogP contribution in [0, 0.1) is 12.8 Å². The molecule has 2 heterocycles. The quantitative estimate of drug-likeness (QED) is 0.341. The first kappa shape index (κ1) is 24.4. The molecule has 0 aromatic heterocycles. The number of piperidine rings is 1. The van der Waals surface area contributed by atoms with Crippen molar-refractivity contribution in [2.24, 2.45) is 10.9 Å². The van der Waals surface area contributed by atoms with Crippen LogP contribution >= 0.6 is 24.0 Å². The second-order valence-corrected chi connectivity index (χ2v) is 8.37. The van der Waals surface area contributed by atoms with Gasteiger partial charge in [-0.1, -0.05) is 36.2 Å². The van der Waals surface area contributed by atoms with Gasteiger partial charge in [0, 0.05) is 45.2 Å². The summed E-state index contributed by atoms with van der Waals surface area (Å²) < 4.78 is 6.15. The highest BCUT2D eigenvalue weighted by Crippen LogP contribution is 2.33. The normalized spacial score (nSPS) is 25.9. The van der Waals surface area contributed by atoms with Gasteiger partial charge in [-0.15, -0.1) is 24.0 Å². The highest BCUT2D eigenvalue weighted by atomic mass is 127. The monoisotopic (exact) mass is 514 g/mol. The fraction of sp³-hybridized carbons (Fsp3) is 0.696. The van der Waals surface area contributed by atoms with E-state index >= 15 is 0 Å². The van der Waals surface area contributed by atoms with Crippen LogP contribution in [0.2, 0.25) is 0 Å². The van der Waals surface area contributed by atoms with Gasteiger partial charge in [0.1, 0.15) is 0 Å². The lowest BCUT2D eigenvalue weighted by molar-refractivity contribution is -0.0265. The van der Waals surface area contributed by atoms with E-state index in [4.69, 9.17) is 4.74 Å². The van der Waals surface area contributed by atoms with Crippen molar-refractivity contribution in [2.45, 2.75) is 58.1 Å². The van der Waals surface area contributed by atoms with Crippen LogP contribution in [0.4, 0.5) is 0 Å². The van der Waals surface area contributed by atoms with Gasteiger partial charge in [0.05, 0.1) is 6.10 Å². The number of hydrogen-bond donors (Lipinski definition) is 2. The third kappa shape index (κ3) is 7.40. The predicted octanol–water partition coefficient (Wildman–Crippen LogP) is 4.12. The van der Waals surface area contributed by atoms with Crippen molar-refractivity contribution in [3.8, 4) is 0 Å². The first-order chi connectivity index (χ1) is 13.7. The molecule has 0 aliphatic carbocycles. The molecule has 0 bridgehead atoms. The van der Waals surface area contributed by atoms with Gasteiger partial charge >= 0.3 is 0 Å². The number of hydrogen-bond acceptors (Lipinski definition) is 3. The van der Waals surface area contributed by atoms with E-state index in [1.807, 2.05) is 7.05 Å². The van der Waals surface area contributed by atoms with Crippen molar-refractivity contribution in [1.82, 2.24) is 15.5 Å². The lowest BCUT2D eigenvalue weighted by Gasteiger charge is -2.34. The van der Waals surface area contributed by atoms with E-state index in [0.29, 0.717) is 12.0 Å². The Kier molecular flexibility index (Phi) is 10.7. The smallest absolute Gasteiger partial charge is 0.191 e.